The number of nitrogens with one attached hydrogen (secondary N) is 1. The molecule has 0 aromatic heterocycles. The third-order valence-corrected chi connectivity index (χ3v) is 6.21. The summed E-state index contributed by atoms with van der Waals surface area (Å²) in [4.78, 5) is 15.0. The molecule has 0 unspecified atom stereocenters. The highest BCUT2D eigenvalue weighted by molar-refractivity contribution is 6.30. The van der Waals surface area contributed by atoms with E-state index in [2.05, 4.69) is 34.5 Å². The molecule has 4 rings (SSSR count). The number of ether oxygens (including phenoxy) is 1. The lowest BCUT2D eigenvalue weighted by Crippen LogP contribution is -2.46. The van der Waals surface area contributed by atoms with Gasteiger partial charge in [-0.25, -0.2) is 4.79 Å². The molecule has 0 aliphatic carbocycles. The molecule has 0 atom stereocenters. The summed E-state index contributed by atoms with van der Waals surface area (Å²) < 4.78 is 5.51. The number of halogens is 1. The zero-order chi connectivity index (χ0) is 23.3. The highest BCUT2D eigenvalue weighted by atomic mass is 35.5. The Morgan fingerprint density at radius 2 is 1.42 bits per heavy atom. The van der Waals surface area contributed by atoms with E-state index < -0.39 is 11.6 Å². The Morgan fingerprint density at radius 3 is 2.03 bits per heavy atom. The molecule has 4 nitrogen and oxygen atoms in total. The Balaban J connectivity index is 1.29. The van der Waals surface area contributed by atoms with Gasteiger partial charge in [0, 0.05) is 17.1 Å². The van der Waals surface area contributed by atoms with Gasteiger partial charge < -0.3 is 10.1 Å². The van der Waals surface area contributed by atoms with Gasteiger partial charge in [-0.15, -0.1) is 0 Å². The van der Waals surface area contributed by atoms with Gasteiger partial charge in [-0.2, -0.15) is 0 Å². The van der Waals surface area contributed by atoms with E-state index in [0.717, 1.165) is 24.1 Å². The van der Waals surface area contributed by atoms with Crippen LogP contribution in [0.3, 0.4) is 0 Å². The molecule has 0 bridgehead atoms. The highest BCUT2D eigenvalue weighted by Crippen LogP contribution is 2.24. The van der Waals surface area contributed by atoms with Crippen LogP contribution in [0.25, 0.3) is 11.1 Å². The lowest BCUT2D eigenvalue weighted by Gasteiger charge is -2.26. The molecular formula is C28H31ClN2O2. The van der Waals surface area contributed by atoms with Crippen molar-refractivity contribution in [3.8, 4) is 16.9 Å². The van der Waals surface area contributed by atoms with Crippen molar-refractivity contribution in [2.24, 2.45) is 0 Å². The van der Waals surface area contributed by atoms with Crippen LogP contribution in [0.2, 0.25) is 5.02 Å². The molecule has 1 saturated heterocycles. The van der Waals surface area contributed by atoms with Crippen molar-refractivity contribution in [3.63, 3.8) is 0 Å². The van der Waals surface area contributed by atoms with E-state index in [4.69, 9.17) is 16.3 Å². The number of nitrogens with zero attached hydrogens (tertiary/aromatic N) is 1. The molecule has 1 aliphatic heterocycles. The maximum atomic E-state index is 12.5. The average Bonchev–Trinajstić information content (AvgIpc) is 3.29. The van der Waals surface area contributed by atoms with E-state index in [-0.39, 0.29) is 0 Å². The minimum atomic E-state index is -0.454. The van der Waals surface area contributed by atoms with Gasteiger partial charge >= 0.3 is 6.09 Å². The second-order valence-electron chi connectivity index (χ2n) is 9.41. The average molecular weight is 463 g/mol. The number of benzene rings is 3. The van der Waals surface area contributed by atoms with Crippen LogP contribution < -0.4 is 10.1 Å². The quantitative estimate of drug-likeness (QED) is 0.424. The molecule has 5 heteroatoms. The fraction of sp³-hybridized carbons (Fsp3) is 0.321. The van der Waals surface area contributed by atoms with Crippen molar-refractivity contribution >= 4 is 17.7 Å². The first-order valence-corrected chi connectivity index (χ1v) is 11.9. The van der Waals surface area contributed by atoms with E-state index in [1.165, 1.54) is 37.1 Å². The number of rotatable bonds is 7. The summed E-state index contributed by atoms with van der Waals surface area (Å²) in [6.45, 7) is 7.44. The Labute approximate surface area is 201 Å². The summed E-state index contributed by atoms with van der Waals surface area (Å²) in [5.41, 5.74) is 4.19. The number of likely N-dealkylation sites (tertiary alicyclic amines) is 1. The second kappa shape index (κ2) is 10.4. The normalized spacial score (nSPS) is 14.3. The third-order valence-electron chi connectivity index (χ3n) is 5.96. The van der Waals surface area contributed by atoms with Crippen molar-refractivity contribution < 1.29 is 9.53 Å². The molecule has 0 spiro atoms. The fourth-order valence-electron chi connectivity index (χ4n) is 4.28. The molecule has 1 amide bonds. The van der Waals surface area contributed by atoms with Gasteiger partial charge in [0.15, 0.2) is 0 Å². The van der Waals surface area contributed by atoms with Crippen LogP contribution >= 0.6 is 11.6 Å². The van der Waals surface area contributed by atoms with E-state index >= 15 is 0 Å². The standard InChI is InChI=1S/C28H31ClN2O2/c1-28(2,19-21-5-7-22(8-6-21)20-31-17-3-4-18-31)30-27(32)33-26-15-11-24(12-16-26)23-9-13-25(29)14-10-23/h5-16H,3-4,17-20H2,1-2H3,(H,30,32). The van der Waals surface area contributed by atoms with Gasteiger partial charge in [0.2, 0.25) is 0 Å². The van der Waals surface area contributed by atoms with Crippen molar-refractivity contribution in [2.45, 2.75) is 45.2 Å². The van der Waals surface area contributed by atoms with Crippen LogP contribution in [0.5, 0.6) is 5.75 Å². The van der Waals surface area contributed by atoms with Crippen molar-refractivity contribution in [3.05, 3.63) is 88.9 Å². The van der Waals surface area contributed by atoms with Gasteiger partial charge in [0.1, 0.15) is 5.75 Å². The van der Waals surface area contributed by atoms with Crippen molar-refractivity contribution in [1.29, 1.82) is 0 Å². The van der Waals surface area contributed by atoms with Crippen molar-refractivity contribution in [2.75, 3.05) is 13.1 Å². The summed E-state index contributed by atoms with van der Waals surface area (Å²) >= 11 is 5.96. The summed E-state index contributed by atoms with van der Waals surface area (Å²) in [6.07, 6.45) is 2.88. The maximum absolute atomic E-state index is 12.5. The molecule has 1 N–H and O–H groups in total. The molecule has 33 heavy (non-hydrogen) atoms. The van der Waals surface area contributed by atoms with Crippen LogP contribution in [0.4, 0.5) is 4.79 Å². The highest BCUT2D eigenvalue weighted by Gasteiger charge is 2.22. The summed E-state index contributed by atoms with van der Waals surface area (Å²) in [6, 6.07) is 23.8. The topological polar surface area (TPSA) is 41.6 Å². The first kappa shape index (κ1) is 23.3. The molecule has 0 radical (unpaired) electrons. The van der Waals surface area contributed by atoms with E-state index in [0.29, 0.717) is 10.8 Å². The minimum Gasteiger partial charge on any atom is -0.410 e. The van der Waals surface area contributed by atoms with Gasteiger partial charge in [-0.1, -0.05) is 60.1 Å². The lowest BCUT2D eigenvalue weighted by molar-refractivity contribution is 0.188. The first-order valence-electron chi connectivity index (χ1n) is 11.5. The lowest BCUT2D eigenvalue weighted by atomic mass is 9.94. The van der Waals surface area contributed by atoms with Gasteiger partial charge in [-0.3, -0.25) is 4.90 Å². The minimum absolute atomic E-state index is 0.434. The molecule has 1 fully saturated rings. The van der Waals surface area contributed by atoms with Gasteiger partial charge in [-0.05, 0) is 92.7 Å². The fourth-order valence-corrected chi connectivity index (χ4v) is 4.41. The van der Waals surface area contributed by atoms with E-state index in [1.54, 1.807) is 12.1 Å². The molecule has 3 aromatic rings. The van der Waals surface area contributed by atoms with Crippen LogP contribution in [0, 0.1) is 0 Å². The van der Waals surface area contributed by atoms with Crippen LogP contribution in [-0.4, -0.2) is 29.6 Å². The first-order chi connectivity index (χ1) is 15.9. The van der Waals surface area contributed by atoms with Crippen LogP contribution in [0.15, 0.2) is 72.8 Å². The predicted molar refractivity (Wildman–Crippen MR) is 135 cm³/mol. The monoisotopic (exact) mass is 462 g/mol. The molecular weight excluding hydrogens is 432 g/mol. The summed E-state index contributed by atoms with van der Waals surface area (Å²) in [5.74, 6) is 0.507. The zero-order valence-electron chi connectivity index (χ0n) is 19.3. The smallest absolute Gasteiger partial charge is 0.410 e. The second-order valence-corrected chi connectivity index (χ2v) is 9.84. The summed E-state index contributed by atoms with van der Waals surface area (Å²) in [5, 5.41) is 3.70. The third kappa shape index (κ3) is 6.83. The number of carbonyl (C=O) groups excluding carboxylic acids is 1. The number of hydrogen-bond acceptors (Lipinski definition) is 3. The molecule has 172 valence electrons. The molecule has 1 heterocycles. The number of hydrogen-bond donors (Lipinski definition) is 1. The Hall–Kier alpha value is -2.82. The predicted octanol–water partition coefficient (Wildman–Crippen LogP) is 6.71. The maximum Gasteiger partial charge on any atom is 0.413 e. The molecule has 1 aliphatic rings. The Bertz CT molecular complexity index is 1050. The van der Waals surface area contributed by atoms with Gasteiger partial charge in [0.05, 0.1) is 0 Å². The van der Waals surface area contributed by atoms with Gasteiger partial charge in [0.25, 0.3) is 0 Å². The SMILES string of the molecule is CC(C)(Cc1ccc(CN2CCCC2)cc1)NC(=O)Oc1ccc(-c2ccc(Cl)cc2)cc1. The summed E-state index contributed by atoms with van der Waals surface area (Å²) in [7, 11) is 0. The number of amides is 1. The Morgan fingerprint density at radius 1 is 0.879 bits per heavy atom. The molecule has 3 aromatic carbocycles. The zero-order valence-corrected chi connectivity index (χ0v) is 20.1. The largest absolute Gasteiger partial charge is 0.413 e. The number of carbonyl (C=O) groups is 1. The Kier molecular flexibility index (Phi) is 7.36. The van der Waals surface area contributed by atoms with E-state index in [9.17, 15) is 4.79 Å². The van der Waals surface area contributed by atoms with Crippen LogP contribution in [-0.2, 0) is 13.0 Å². The van der Waals surface area contributed by atoms with E-state index in [1.807, 2.05) is 50.2 Å². The van der Waals surface area contributed by atoms with Crippen molar-refractivity contribution in [1.82, 2.24) is 10.2 Å². The van der Waals surface area contributed by atoms with Crippen LogP contribution in [0.1, 0.15) is 37.8 Å². The molecule has 0 saturated carbocycles.